The number of hydrogen-bond acceptors (Lipinski definition) is 12. The molecule has 0 bridgehead atoms. The molecule has 1 fully saturated rings. The van der Waals surface area contributed by atoms with Crippen LogP contribution in [0.5, 0.6) is 0 Å². The van der Waals surface area contributed by atoms with Crippen LogP contribution in [0.4, 0.5) is 9.93 Å². The van der Waals surface area contributed by atoms with Crippen LogP contribution in [0.2, 0.25) is 0 Å². The number of rotatable bonds is 9. The summed E-state index contributed by atoms with van der Waals surface area (Å²) < 4.78 is 38.1. The van der Waals surface area contributed by atoms with Crippen LogP contribution in [0.3, 0.4) is 0 Å². The molecule has 0 radical (unpaired) electrons. The fraction of sp³-hybridized carbons (Fsp3) is 0.385. The maximum atomic E-state index is 12.6. The van der Waals surface area contributed by atoms with E-state index in [0.717, 1.165) is 18.4 Å². The Hall–Kier alpha value is -2.02. The first kappa shape index (κ1) is 28.0. The van der Waals surface area contributed by atoms with Crippen molar-refractivity contribution in [1.82, 2.24) is 14.6 Å². The zero-order chi connectivity index (χ0) is 23.3. The van der Waals surface area contributed by atoms with E-state index in [0.29, 0.717) is 0 Å². The van der Waals surface area contributed by atoms with E-state index in [1.165, 1.54) is 5.38 Å². The molecule has 1 saturated heterocycles. The number of nitrogens with two attached hydrogens (primary N) is 1. The van der Waals surface area contributed by atoms with E-state index in [-0.39, 0.29) is 50.6 Å². The summed E-state index contributed by atoms with van der Waals surface area (Å²) in [6.07, 6.45) is -1.29. The normalized spacial score (nSPS) is 18.2. The van der Waals surface area contributed by atoms with E-state index in [9.17, 15) is 32.1 Å². The van der Waals surface area contributed by atoms with Crippen molar-refractivity contribution in [2.45, 2.75) is 12.1 Å². The molecule has 1 aromatic heterocycles. The summed E-state index contributed by atoms with van der Waals surface area (Å²) in [7, 11) is -4.12. The van der Waals surface area contributed by atoms with Gasteiger partial charge < -0.3 is 30.5 Å². The summed E-state index contributed by atoms with van der Waals surface area (Å²) in [6, 6.07) is -3.07. The van der Waals surface area contributed by atoms with Gasteiger partial charge in [-0.2, -0.15) is 0 Å². The van der Waals surface area contributed by atoms with Crippen molar-refractivity contribution in [3.05, 3.63) is 11.1 Å². The fourth-order valence-corrected chi connectivity index (χ4v) is 4.01. The number of ether oxygens (including phenoxy) is 1. The standard InChI is InChI=1S/C13H15ClN6O9S2.Na/c1-28-19-8(5-4-30-13(16-5)17-7(21)2-14)10(22)18-9-6(3-29-12(15)24)20(11(9)23)31(25,26)27;/h4,6,9H,2-3H2,1H3,(H2,15,24)(H,18,22)(H,16,17,21)(H,25,26,27);/q;+1/p-1/t6-,9+;/m0./s1. The Bertz CT molecular complexity index is 1030. The quantitative estimate of drug-likeness (QED) is 0.0701. The minimum absolute atomic E-state index is 0. The molecule has 2 heterocycles. The summed E-state index contributed by atoms with van der Waals surface area (Å²) in [6.45, 7) is -0.768. The zero-order valence-electron chi connectivity index (χ0n) is 16.4. The van der Waals surface area contributed by atoms with Crippen LogP contribution in [-0.4, -0.2) is 83.5 Å². The van der Waals surface area contributed by atoms with Gasteiger partial charge in [-0.15, -0.1) is 22.9 Å². The van der Waals surface area contributed by atoms with E-state index in [2.05, 4.69) is 30.3 Å². The third-order valence-corrected chi connectivity index (χ3v) is 5.54. The van der Waals surface area contributed by atoms with Crippen molar-refractivity contribution in [3.8, 4) is 0 Å². The first-order chi connectivity index (χ1) is 14.5. The smallest absolute Gasteiger partial charge is 0.731 e. The Morgan fingerprint density at radius 3 is 2.62 bits per heavy atom. The molecular formula is C13H14ClN6NaO9S2. The average molecular weight is 521 g/mol. The number of carbonyl (C=O) groups excluding carboxylic acids is 4. The van der Waals surface area contributed by atoms with Gasteiger partial charge in [-0.05, 0) is 0 Å². The van der Waals surface area contributed by atoms with E-state index in [1.54, 1.807) is 0 Å². The Morgan fingerprint density at radius 1 is 1.44 bits per heavy atom. The number of nitrogens with one attached hydrogen (secondary N) is 2. The maximum absolute atomic E-state index is 12.6. The molecule has 2 rings (SSSR count). The summed E-state index contributed by atoms with van der Waals surface area (Å²) in [4.78, 5) is 55.4. The molecule has 1 aromatic rings. The molecular weight excluding hydrogens is 507 g/mol. The molecule has 170 valence electrons. The molecule has 19 heteroatoms. The third kappa shape index (κ3) is 6.74. The van der Waals surface area contributed by atoms with Crippen LogP contribution in [0.1, 0.15) is 5.69 Å². The minimum atomic E-state index is -5.24. The number of amides is 4. The number of nitrogens with zero attached hydrogens (tertiary/aromatic N) is 3. The number of alkyl halides is 1. The Morgan fingerprint density at radius 2 is 2.09 bits per heavy atom. The summed E-state index contributed by atoms with van der Waals surface area (Å²) in [5, 5.41) is 9.47. The van der Waals surface area contributed by atoms with Crippen molar-refractivity contribution in [2.75, 3.05) is 24.9 Å². The van der Waals surface area contributed by atoms with E-state index >= 15 is 0 Å². The minimum Gasteiger partial charge on any atom is -0.731 e. The van der Waals surface area contributed by atoms with Gasteiger partial charge in [0.1, 0.15) is 37.4 Å². The van der Waals surface area contributed by atoms with Crippen molar-refractivity contribution >= 4 is 67.9 Å². The van der Waals surface area contributed by atoms with Gasteiger partial charge in [0.2, 0.25) is 5.91 Å². The summed E-state index contributed by atoms with van der Waals surface area (Å²) in [5.41, 5.74) is 4.31. The molecule has 0 saturated carbocycles. The Kier molecular flexibility index (Phi) is 10.3. The second-order valence-electron chi connectivity index (χ2n) is 5.58. The number of hydrogen-bond donors (Lipinski definition) is 3. The molecule has 2 atom stereocenters. The number of halogens is 1. The van der Waals surface area contributed by atoms with Crippen LogP contribution < -0.4 is 45.9 Å². The van der Waals surface area contributed by atoms with Gasteiger partial charge in [-0.3, -0.25) is 14.4 Å². The van der Waals surface area contributed by atoms with E-state index in [4.69, 9.17) is 17.3 Å². The molecule has 4 N–H and O–H groups in total. The van der Waals surface area contributed by atoms with Gasteiger partial charge in [0, 0.05) is 5.38 Å². The van der Waals surface area contributed by atoms with Crippen LogP contribution in [0.15, 0.2) is 10.5 Å². The molecule has 1 aliphatic rings. The number of aromatic nitrogens is 1. The van der Waals surface area contributed by atoms with Gasteiger partial charge in [0.05, 0.1) is 0 Å². The van der Waals surface area contributed by atoms with Crippen LogP contribution in [0, 0.1) is 0 Å². The van der Waals surface area contributed by atoms with Gasteiger partial charge in [-0.1, -0.05) is 5.16 Å². The largest absolute Gasteiger partial charge is 1.00 e. The molecule has 0 unspecified atom stereocenters. The first-order valence-electron chi connectivity index (χ1n) is 7.94. The third-order valence-electron chi connectivity index (χ3n) is 3.61. The van der Waals surface area contributed by atoms with Crippen LogP contribution >= 0.6 is 22.9 Å². The fourth-order valence-electron chi connectivity index (χ4n) is 2.38. The molecule has 0 aromatic carbocycles. The topological polar surface area (TPSA) is 223 Å². The molecule has 32 heavy (non-hydrogen) atoms. The van der Waals surface area contributed by atoms with Gasteiger partial charge in [0.25, 0.3) is 11.8 Å². The second-order valence-corrected chi connectivity index (χ2v) is 7.96. The van der Waals surface area contributed by atoms with Gasteiger partial charge in [0.15, 0.2) is 21.1 Å². The Labute approximate surface area is 211 Å². The van der Waals surface area contributed by atoms with Gasteiger partial charge >= 0.3 is 35.7 Å². The number of oxime groups is 1. The first-order valence-corrected chi connectivity index (χ1v) is 10.7. The molecule has 0 spiro atoms. The van der Waals surface area contributed by atoms with Crippen molar-refractivity contribution in [1.29, 1.82) is 0 Å². The van der Waals surface area contributed by atoms with Gasteiger partial charge in [-0.25, -0.2) is 22.5 Å². The molecule has 4 amide bonds. The van der Waals surface area contributed by atoms with Crippen molar-refractivity contribution in [3.63, 3.8) is 0 Å². The maximum Gasteiger partial charge on any atom is 1.00 e. The number of thiazole rings is 1. The van der Waals surface area contributed by atoms with Crippen LogP contribution in [-0.2, 0) is 34.3 Å². The van der Waals surface area contributed by atoms with Crippen molar-refractivity contribution < 1.29 is 71.3 Å². The van der Waals surface area contributed by atoms with Crippen LogP contribution in [0.25, 0.3) is 0 Å². The number of carbonyl (C=O) groups is 4. The predicted molar refractivity (Wildman–Crippen MR) is 103 cm³/mol. The monoisotopic (exact) mass is 520 g/mol. The number of primary amides is 1. The number of anilines is 1. The SMILES string of the molecule is CON=C(C(=O)N[C@H]1C(=O)N(S(=O)(=O)[O-])[C@H]1COC(N)=O)c1csc(NC(=O)CCl)n1.[Na+]. The van der Waals surface area contributed by atoms with E-state index < -0.39 is 58.5 Å². The number of β-lactam (4-membered cyclic amide) rings is 1. The summed E-state index contributed by atoms with van der Waals surface area (Å²) in [5.74, 6) is -3.17. The molecule has 1 aliphatic heterocycles. The molecule has 0 aliphatic carbocycles. The predicted octanol–water partition coefficient (Wildman–Crippen LogP) is -5.07. The van der Waals surface area contributed by atoms with Crippen molar-refractivity contribution in [2.24, 2.45) is 10.9 Å². The van der Waals surface area contributed by atoms with E-state index in [1.807, 2.05) is 0 Å². The summed E-state index contributed by atoms with van der Waals surface area (Å²) >= 11 is 6.32. The zero-order valence-corrected chi connectivity index (χ0v) is 20.8. The second kappa shape index (κ2) is 11.7. The molecule has 15 nitrogen and oxygen atoms in total. The average Bonchev–Trinajstić information content (AvgIpc) is 3.13. The Balaban J connectivity index is 0.00000512.